The minimum Gasteiger partial charge on any atom is -0.354 e. The van der Waals surface area contributed by atoms with E-state index in [1.807, 2.05) is 6.07 Å². The maximum atomic E-state index is 8.84. The molecule has 0 aliphatic heterocycles. The number of nitrogens with one attached hydrogen (secondary N) is 1. The molecular weight excluding hydrogens is 236 g/mol. The summed E-state index contributed by atoms with van der Waals surface area (Å²) in [6.07, 6.45) is 8.11. The lowest BCUT2D eigenvalue weighted by molar-refractivity contribution is 0.252. The van der Waals surface area contributed by atoms with Gasteiger partial charge in [0.25, 0.3) is 0 Å². The Bertz CT molecular complexity index is 455. The molecule has 102 valence electrons. The molecule has 0 amide bonds. The largest absolute Gasteiger partial charge is 0.354 e. The van der Waals surface area contributed by atoms with Gasteiger partial charge in [0.2, 0.25) is 5.95 Å². The normalized spacial score (nSPS) is 17.4. The molecule has 1 saturated carbocycles. The standard InChI is InChI=1S/C15H22N4/c1-12(2)9-15(6-3-4-7-15)11-18-14-17-8-5-13(10-16)19-14/h5,8,12H,3-4,6-7,9,11H2,1-2H3,(H,17,18,19). The molecule has 0 aromatic carbocycles. The molecule has 1 aromatic heterocycles. The van der Waals surface area contributed by atoms with Crippen molar-refractivity contribution in [2.75, 3.05) is 11.9 Å². The van der Waals surface area contributed by atoms with Crippen LogP contribution in [0.2, 0.25) is 0 Å². The first-order valence-electron chi connectivity index (χ1n) is 7.11. The first kappa shape index (κ1) is 13.8. The molecular formula is C15H22N4. The van der Waals surface area contributed by atoms with Crippen molar-refractivity contribution >= 4 is 5.95 Å². The Morgan fingerprint density at radius 3 is 2.79 bits per heavy atom. The van der Waals surface area contributed by atoms with Crippen LogP contribution in [0.15, 0.2) is 12.3 Å². The van der Waals surface area contributed by atoms with Crippen molar-refractivity contribution in [1.82, 2.24) is 9.97 Å². The van der Waals surface area contributed by atoms with E-state index in [1.165, 1.54) is 32.1 Å². The van der Waals surface area contributed by atoms with E-state index >= 15 is 0 Å². The van der Waals surface area contributed by atoms with Crippen LogP contribution < -0.4 is 5.32 Å². The summed E-state index contributed by atoms with van der Waals surface area (Å²) in [6.45, 7) is 5.49. The van der Waals surface area contributed by atoms with E-state index in [4.69, 9.17) is 5.26 Å². The van der Waals surface area contributed by atoms with Crippen LogP contribution in [-0.2, 0) is 0 Å². The molecule has 1 aliphatic carbocycles. The summed E-state index contributed by atoms with van der Waals surface area (Å²) in [5, 5.41) is 12.2. The summed E-state index contributed by atoms with van der Waals surface area (Å²) in [5.41, 5.74) is 0.807. The lowest BCUT2D eigenvalue weighted by Crippen LogP contribution is -2.29. The summed E-state index contributed by atoms with van der Waals surface area (Å²) in [4.78, 5) is 8.36. The van der Waals surface area contributed by atoms with Gasteiger partial charge >= 0.3 is 0 Å². The van der Waals surface area contributed by atoms with Crippen LogP contribution in [0.4, 0.5) is 5.95 Å². The highest BCUT2D eigenvalue weighted by atomic mass is 15.1. The Balaban J connectivity index is 2.00. The number of aromatic nitrogens is 2. The van der Waals surface area contributed by atoms with Gasteiger partial charge in [-0.05, 0) is 36.7 Å². The molecule has 0 spiro atoms. The number of nitriles is 1. The van der Waals surface area contributed by atoms with Gasteiger partial charge in [0, 0.05) is 12.7 Å². The molecule has 1 fully saturated rings. The molecule has 0 bridgehead atoms. The van der Waals surface area contributed by atoms with E-state index in [0.717, 1.165) is 6.54 Å². The van der Waals surface area contributed by atoms with Crippen LogP contribution in [0, 0.1) is 22.7 Å². The van der Waals surface area contributed by atoms with Crippen molar-refractivity contribution < 1.29 is 0 Å². The molecule has 1 heterocycles. The molecule has 4 heteroatoms. The second-order valence-electron chi connectivity index (χ2n) is 6.04. The van der Waals surface area contributed by atoms with Crippen LogP contribution in [0.5, 0.6) is 0 Å². The van der Waals surface area contributed by atoms with Crippen LogP contribution in [0.1, 0.15) is 51.6 Å². The van der Waals surface area contributed by atoms with Gasteiger partial charge in [0.05, 0.1) is 0 Å². The fraction of sp³-hybridized carbons (Fsp3) is 0.667. The molecule has 1 N–H and O–H groups in total. The Kier molecular flexibility index (Phi) is 4.36. The number of rotatable bonds is 5. The van der Waals surface area contributed by atoms with Crippen molar-refractivity contribution in [3.63, 3.8) is 0 Å². The summed E-state index contributed by atoms with van der Waals surface area (Å²) < 4.78 is 0. The minimum atomic E-state index is 0.389. The zero-order chi connectivity index (χ0) is 13.7. The Hall–Kier alpha value is -1.63. The van der Waals surface area contributed by atoms with Gasteiger partial charge in [-0.3, -0.25) is 0 Å². The summed E-state index contributed by atoms with van der Waals surface area (Å²) >= 11 is 0. The number of hydrogen-bond donors (Lipinski definition) is 1. The van der Waals surface area contributed by atoms with E-state index in [1.54, 1.807) is 12.3 Å². The van der Waals surface area contributed by atoms with Crippen molar-refractivity contribution in [1.29, 1.82) is 5.26 Å². The lowest BCUT2D eigenvalue weighted by atomic mass is 9.78. The number of nitrogens with zero attached hydrogens (tertiary/aromatic N) is 3. The van der Waals surface area contributed by atoms with Crippen molar-refractivity contribution in [2.24, 2.45) is 11.3 Å². The molecule has 1 aliphatic rings. The van der Waals surface area contributed by atoms with Crippen LogP contribution >= 0.6 is 0 Å². The summed E-state index contributed by atoms with van der Waals surface area (Å²) in [6, 6.07) is 3.68. The topological polar surface area (TPSA) is 61.6 Å². The van der Waals surface area contributed by atoms with Gasteiger partial charge in [-0.25, -0.2) is 9.97 Å². The third-order valence-electron chi connectivity index (χ3n) is 3.90. The second-order valence-corrected chi connectivity index (χ2v) is 6.04. The van der Waals surface area contributed by atoms with Gasteiger partial charge in [0.15, 0.2) is 0 Å². The summed E-state index contributed by atoms with van der Waals surface area (Å²) in [5.74, 6) is 1.29. The van der Waals surface area contributed by atoms with Gasteiger partial charge in [-0.15, -0.1) is 0 Å². The molecule has 0 saturated heterocycles. The second kappa shape index (κ2) is 6.01. The quantitative estimate of drug-likeness (QED) is 0.879. The maximum Gasteiger partial charge on any atom is 0.223 e. The van der Waals surface area contributed by atoms with E-state index in [2.05, 4.69) is 29.1 Å². The summed E-state index contributed by atoms with van der Waals surface area (Å²) in [7, 11) is 0. The lowest BCUT2D eigenvalue weighted by Gasteiger charge is -2.31. The Labute approximate surface area is 115 Å². The van der Waals surface area contributed by atoms with Gasteiger partial charge in [-0.2, -0.15) is 5.26 Å². The average molecular weight is 258 g/mol. The van der Waals surface area contributed by atoms with Crippen molar-refractivity contribution in [2.45, 2.75) is 46.0 Å². The van der Waals surface area contributed by atoms with E-state index in [-0.39, 0.29) is 0 Å². The minimum absolute atomic E-state index is 0.389. The highest BCUT2D eigenvalue weighted by Crippen LogP contribution is 2.43. The molecule has 1 aromatic rings. The third-order valence-corrected chi connectivity index (χ3v) is 3.90. The van der Waals surface area contributed by atoms with Crippen molar-refractivity contribution in [3.05, 3.63) is 18.0 Å². The van der Waals surface area contributed by atoms with Gasteiger partial charge in [-0.1, -0.05) is 26.7 Å². The predicted octanol–water partition coefficient (Wildman–Crippen LogP) is 3.37. The van der Waals surface area contributed by atoms with Gasteiger partial charge < -0.3 is 5.32 Å². The van der Waals surface area contributed by atoms with Crippen LogP contribution in [-0.4, -0.2) is 16.5 Å². The van der Waals surface area contributed by atoms with E-state index in [0.29, 0.717) is 23.0 Å². The van der Waals surface area contributed by atoms with Crippen molar-refractivity contribution in [3.8, 4) is 6.07 Å². The Morgan fingerprint density at radius 2 is 2.16 bits per heavy atom. The molecule has 19 heavy (non-hydrogen) atoms. The molecule has 0 unspecified atom stereocenters. The monoisotopic (exact) mass is 258 g/mol. The molecule has 2 rings (SSSR count). The molecule has 0 radical (unpaired) electrons. The number of hydrogen-bond acceptors (Lipinski definition) is 4. The fourth-order valence-electron chi connectivity index (χ4n) is 3.22. The average Bonchev–Trinajstić information content (AvgIpc) is 2.85. The highest BCUT2D eigenvalue weighted by Gasteiger charge is 2.34. The SMILES string of the molecule is CC(C)CC1(CNc2nccc(C#N)n2)CCCC1. The first-order valence-corrected chi connectivity index (χ1v) is 7.11. The molecule has 4 nitrogen and oxygen atoms in total. The zero-order valence-electron chi connectivity index (χ0n) is 11.8. The smallest absolute Gasteiger partial charge is 0.223 e. The van der Waals surface area contributed by atoms with Crippen LogP contribution in [0.3, 0.4) is 0 Å². The third kappa shape index (κ3) is 3.66. The van der Waals surface area contributed by atoms with Crippen LogP contribution in [0.25, 0.3) is 0 Å². The van der Waals surface area contributed by atoms with E-state index in [9.17, 15) is 0 Å². The van der Waals surface area contributed by atoms with Gasteiger partial charge in [0.1, 0.15) is 11.8 Å². The predicted molar refractivity (Wildman–Crippen MR) is 75.6 cm³/mol. The highest BCUT2D eigenvalue weighted by molar-refractivity contribution is 5.30. The zero-order valence-corrected chi connectivity index (χ0v) is 11.8. The fourth-order valence-corrected chi connectivity index (χ4v) is 3.22. The van der Waals surface area contributed by atoms with E-state index < -0.39 is 0 Å². The first-order chi connectivity index (χ1) is 9.13. The Morgan fingerprint density at radius 1 is 1.42 bits per heavy atom. The molecule has 0 atom stereocenters. The maximum absolute atomic E-state index is 8.84. The number of anilines is 1.